The zero-order valence-corrected chi connectivity index (χ0v) is 24.2. The number of hydrogen-bond donors (Lipinski definition) is 2. The second-order valence-electron chi connectivity index (χ2n) is 10.5. The summed E-state index contributed by atoms with van der Waals surface area (Å²) in [6.07, 6.45) is 1.61. The molecule has 1 fully saturated rings. The molecule has 2 N–H and O–H groups in total. The van der Waals surface area contributed by atoms with E-state index in [0.717, 1.165) is 0 Å². The Morgan fingerprint density at radius 3 is 2.53 bits per heavy atom. The van der Waals surface area contributed by atoms with Gasteiger partial charge in [-0.05, 0) is 52.3 Å². The van der Waals surface area contributed by atoms with E-state index in [1.165, 1.54) is 4.90 Å². The summed E-state index contributed by atoms with van der Waals surface area (Å²) in [6, 6.07) is 3.68. The molecule has 2 aliphatic heterocycles. The molecule has 3 rings (SSSR count). The van der Waals surface area contributed by atoms with Crippen LogP contribution in [0.1, 0.15) is 46.2 Å². The van der Waals surface area contributed by atoms with Gasteiger partial charge in [-0.25, -0.2) is 14.4 Å². The lowest BCUT2D eigenvalue weighted by Gasteiger charge is -2.43. The molecule has 0 unspecified atom stereocenters. The number of halogens is 2. The molecule has 0 aromatic heterocycles. The number of nitrogens with one attached hydrogen (secondary N) is 2. The van der Waals surface area contributed by atoms with Gasteiger partial charge < -0.3 is 20.3 Å². The minimum atomic E-state index is -0.774. The summed E-state index contributed by atoms with van der Waals surface area (Å²) in [5.41, 5.74) is 1.13. The van der Waals surface area contributed by atoms with Gasteiger partial charge in [0.05, 0.1) is 28.3 Å². The van der Waals surface area contributed by atoms with Gasteiger partial charge in [-0.15, -0.1) is 6.58 Å². The van der Waals surface area contributed by atoms with E-state index in [9.17, 15) is 14.4 Å². The van der Waals surface area contributed by atoms with Crippen LogP contribution in [0, 0.1) is 0 Å². The highest BCUT2D eigenvalue weighted by Gasteiger charge is 2.39. The Kier molecular flexibility index (Phi) is 9.73. The number of esters is 1. The molecule has 1 aromatic carbocycles. The van der Waals surface area contributed by atoms with Crippen molar-refractivity contribution < 1.29 is 19.1 Å². The van der Waals surface area contributed by atoms with E-state index in [1.54, 1.807) is 31.2 Å². The molecule has 4 amide bonds. The van der Waals surface area contributed by atoms with Crippen LogP contribution in [0.4, 0.5) is 9.59 Å². The maximum Gasteiger partial charge on any atom is 0.338 e. The number of benzene rings is 1. The molecule has 38 heavy (non-hydrogen) atoms. The topological polar surface area (TPSA) is 94.2 Å². The van der Waals surface area contributed by atoms with Crippen LogP contribution in [0.3, 0.4) is 0 Å². The van der Waals surface area contributed by atoms with Gasteiger partial charge in [0.1, 0.15) is 0 Å². The van der Waals surface area contributed by atoms with Crippen molar-refractivity contribution in [2.75, 3.05) is 39.3 Å². The third-order valence-corrected chi connectivity index (χ3v) is 7.09. The Hall–Kier alpha value is -2.75. The highest BCUT2D eigenvalue weighted by molar-refractivity contribution is 6.42. The number of urea groups is 2. The van der Waals surface area contributed by atoms with E-state index in [4.69, 9.17) is 27.9 Å². The molecule has 0 aliphatic carbocycles. The first-order valence-electron chi connectivity index (χ1n) is 12.7. The smallest absolute Gasteiger partial charge is 0.338 e. The van der Waals surface area contributed by atoms with Crippen LogP contribution in [-0.4, -0.2) is 83.6 Å². The highest BCUT2D eigenvalue weighted by atomic mass is 35.5. The van der Waals surface area contributed by atoms with Gasteiger partial charge in [0, 0.05) is 50.0 Å². The van der Waals surface area contributed by atoms with Crippen molar-refractivity contribution in [3.8, 4) is 0 Å². The average Bonchev–Trinajstić information content (AvgIpc) is 2.82. The predicted octanol–water partition coefficient (Wildman–Crippen LogP) is 4.58. The fraction of sp³-hybridized carbons (Fsp3) is 0.519. The van der Waals surface area contributed by atoms with Gasteiger partial charge in [-0.1, -0.05) is 35.3 Å². The first-order chi connectivity index (χ1) is 17.9. The third kappa shape index (κ3) is 7.01. The number of nitrogens with zero attached hydrogens (tertiary/aromatic N) is 3. The van der Waals surface area contributed by atoms with Crippen molar-refractivity contribution in [1.82, 2.24) is 25.3 Å². The minimum Gasteiger partial charge on any atom is -0.463 e. The lowest BCUT2D eigenvalue weighted by molar-refractivity contribution is -0.139. The number of piperazine rings is 1. The monoisotopic (exact) mass is 565 g/mol. The molecule has 2 aliphatic rings. The quantitative estimate of drug-likeness (QED) is 0.373. The Morgan fingerprint density at radius 1 is 1.24 bits per heavy atom. The minimum absolute atomic E-state index is 0.0751. The lowest BCUT2D eigenvalue weighted by Crippen LogP contribution is -2.59. The predicted molar refractivity (Wildman–Crippen MR) is 149 cm³/mol. The van der Waals surface area contributed by atoms with Gasteiger partial charge in [0.15, 0.2) is 0 Å². The van der Waals surface area contributed by atoms with E-state index >= 15 is 0 Å². The summed E-state index contributed by atoms with van der Waals surface area (Å²) >= 11 is 12.4. The first-order valence-corrected chi connectivity index (χ1v) is 13.5. The lowest BCUT2D eigenvalue weighted by atomic mass is 9.94. The van der Waals surface area contributed by atoms with Crippen molar-refractivity contribution in [3.05, 3.63) is 57.7 Å². The van der Waals surface area contributed by atoms with Crippen LogP contribution in [0.25, 0.3) is 0 Å². The Labute approximate surface area is 234 Å². The van der Waals surface area contributed by atoms with Crippen LogP contribution >= 0.6 is 23.2 Å². The molecular weight excluding hydrogens is 529 g/mol. The summed E-state index contributed by atoms with van der Waals surface area (Å²) in [4.78, 5) is 44.9. The van der Waals surface area contributed by atoms with Gasteiger partial charge in [-0.2, -0.15) is 0 Å². The average molecular weight is 567 g/mol. The molecule has 2 heterocycles. The maximum absolute atomic E-state index is 13.4. The van der Waals surface area contributed by atoms with Crippen molar-refractivity contribution in [2.45, 2.75) is 52.2 Å². The number of carbonyl (C=O) groups is 3. The fourth-order valence-electron chi connectivity index (χ4n) is 4.67. The zero-order chi connectivity index (χ0) is 28.2. The van der Waals surface area contributed by atoms with Crippen molar-refractivity contribution >= 4 is 41.2 Å². The second kappa shape index (κ2) is 12.4. The largest absolute Gasteiger partial charge is 0.463 e. The fourth-order valence-corrected chi connectivity index (χ4v) is 4.98. The standard InChI is InChI=1S/C27H37Cl2N5O4/c1-7-11-34-21(16-32-12-13-33(17(3)15-32)26(37)31-27(4,5)6)22(24(35)38-8-2)23(30-25(34)36)18-9-10-19(28)20(29)14-18/h7,9-10,14,17,23H,1,8,11-13,15-16H2,2-6H3,(H,30,36)(H,31,37)/t17-,23+/m0/s1. The molecule has 11 heteroatoms. The number of rotatable bonds is 7. The molecule has 0 radical (unpaired) electrons. The molecule has 0 bridgehead atoms. The van der Waals surface area contributed by atoms with E-state index in [1.807, 2.05) is 32.6 Å². The molecular formula is C27H37Cl2N5O4. The van der Waals surface area contributed by atoms with E-state index in [2.05, 4.69) is 22.1 Å². The van der Waals surface area contributed by atoms with Gasteiger partial charge in [0.2, 0.25) is 0 Å². The highest BCUT2D eigenvalue weighted by Crippen LogP contribution is 2.35. The molecule has 2 atom stereocenters. The number of ether oxygens (including phenoxy) is 1. The molecule has 208 valence electrons. The normalized spacial score (nSPS) is 20.8. The van der Waals surface area contributed by atoms with E-state index in [-0.39, 0.29) is 36.8 Å². The molecule has 0 spiro atoms. The number of amides is 4. The maximum atomic E-state index is 13.4. The first kappa shape index (κ1) is 29.8. The van der Waals surface area contributed by atoms with Crippen LogP contribution in [0.5, 0.6) is 0 Å². The van der Waals surface area contributed by atoms with Crippen LogP contribution in [-0.2, 0) is 9.53 Å². The Balaban J connectivity index is 1.98. The number of carbonyl (C=O) groups excluding carboxylic acids is 3. The Morgan fingerprint density at radius 2 is 1.95 bits per heavy atom. The molecule has 0 saturated carbocycles. The summed E-state index contributed by atoms with van der Waals surface area (Å²) in [7, 11) is 0. The van der Waals surface area contributed by atoms with Gasteiger partial charge in [-0.3, -0.25) is 9.80 Å². The van der Waals surface area contributed by atoms with E-state index < -0.39 is 12.0 Å². The summed E-state index contributed by atoms with van der Waals surface area (Å²) in [6.45, 7) is 15.7. The molecule has 1 aromatic rings. The zero-order valence-electron chi connectivity index (χ0n) is 22.6. The van der Waals surface area contributed by atoms with Crippen molar-refractivity contribution in [1.29, 1.82) is 0 Å². The van der Waals surface area contributed by atoms with Crippen molar-refractivity contribution in [2.24, 2.45) is 0 Å². The second-order valence-corrected chi connectivity index (χ2v) is 11.3. The SMILES string of the molecule is C=CCN1C(=O)N[C@H](c2ccc(Cl)c(Cl)c2)C(C(=O)OCC)=C1CN1CCN(C(=O)NC(C)(C)C)[C@@H](C)C1. The molecule has 9 nitrogen and oxygen atoms in total. The van der Waals surface area contributed by atoms with Crippen LogP contribution in [0.15, 0.2) is 42.1 Å². The summed E-state index contributed by atoms with van der Waals surface area (Å²) in [5, 5.41) is 6.63. The third-order valence-electron chi connectivity index (χ3n) is 6.35. The van der Waals surface area contributed by atoms with Crippen LogP contribution < -0.4 is 10.6 Å². The van der Waals surface area contributed by atoms with Gasteiger partial charge in [0.25, 0.3) is 0 Å². The Bertz CT molecular complexity index is 1120. The summed E-state index contributed by atoms with van der Waals surface area (Å²) < 4.78 is 5.44. The summed E-state index contributed by atoms with van der Waals surface area (Å²) in [5.74, 6) is -0.524. The number of hydrogen-bond acceptors (Lipinski definition) is 5. The van der Waals surface area contributed by atoms with Crippen LogP contribution in [0.2, 0.25) is 10.0 Å². The van der Waals surface area contributed by atoms with E-state index in [0.29, 0.717) is 53.1 Å². The van der Waals surface area contributed by atoms with Crippen molar-refractivity contribution in [3.63, 3.8) is 0 Å². The molecule has 1 saturated heterocycles. The van der Waals surface area contributed by atoms with Gasteiger partial charge >= 0.3 is 18.0 Å².